The van der Waals surface area contributed by atoms with Gasteiger partial charge in [-0.25, -0.2) is 0 Å². The van der Waals surface area contributed by atoms with E-state index in [-0.39, 0.29) is 11.8 Å². The molecule has 2 aromatic rings. The first-order chi connectivity index (χ1) is 12.4. The number of benzene rings is 2. The van der Waals surface area contributed by atoms with Gasteiger partial charge in [-0.2, -0.15) is 0 Å². The van der Waals surface area contributed by atoms with E-state index in [0.29, 0.717) is 31.5 Å². The van der Waals surface area contributed by atoms with Gasteiger partial charge in [-0.15, -0.1) is 0 Å². The van der Waals surface area contributed by atoms with Crippen LogP contribution in [0.1, 0.15) is 38.8 Å². The fraction of sp³-hybridized carbons (Fsp3) is 0.263. The zero-order valence-corrected chi connectivity index (χ0v) is 18.2. The summed E-state index contributed by atoms with van der Waals surface area (Å²) < 4.78 is 0. The van der Waals surface area contributed by atoms with E-state index in [2.05, 4.69) is 10.6 Å². The lowest BCUT2D eigenvalue weighted by atomic mass is 9.78. The van der Waals surface area contributed by atoms with Gasteiger partial charge in [0, 0.05) is 19.3 Å². The third-order valence-corrected chi connectivity index (χ3v) is 5.32. The molecule has 2 rings (SSSR count). The first-order valence-corrected chi connectivity index (χ1v) is 9.49. The van der Waals surface area contributed by atoms with Crippen LogP contribution in [-0.4, -0.2) is 11.8 Å². The van der Waals surface area contributed by atoms with Crippen molar-refractivity contribution < 1.29 is 9.59 Å². The lowest BCUT2D eigenvalue weighted by Crippen LogP contribution is -2.20. The minimum absolute atomic E-state index is 0.266. The summed E-state index contributed by atoms with van der Waals surface area (Å²) in [7, 11) is 0. The maximum absolute atomic E-state index is 11.3. The second-order valence-corrected chi connectivity index (χ2v) is 8.25. The smallest absolute Gasteiger partial charge is 0.221 e. The lowest BCUT2D eigenvalue weighted by Gasteiger charge is -2.28. The van der Waals surface area contributed by atoms with Gasteiger partial charge in [0.2, 0.25) is 11.8 Å². The summed E-state index contributed by atoms with van der Waals surface area (Å²) in [6.07, 6.45) is 0. The Morgan fingerprint density at radius 3 is 1.19 bits per heavy atom. The van der Waals surface area contributed by atoms with Gasteiger partial charge in [-0.3, -0.25) is 9.59 Å². The Bertz CT molecular complexity index is 806. The van der Waals surface area contributed by atoms with Crippen LogP contribution in [0.2, 0.25) is 20.1 Å². The summed E-state index contributed by atoms with van der Waals surface area (Å²) in [4.78, 5) is 22.6. The molecule has 8 heteroatoms. The van der Waals surface area contributed by atoms with Gasteiger partial charge in [0.1, 0.15) is 0 Å². The van der Waals surface area contributed by atoms with E-state index in [1.54, 1.807) is 24.3 Å². The van der Waals surface area contributed by atoms with E-state index in [4.69, 9.17) is 46.4 Å². The van der Waals surface area contributed by atoms with Crippen molar-refractivity contribution in [3.8, 4) is 0 Å². The SMILES string of the molecule is CC(=O)Nc1c(Cl)cc(C(C)(C)c2cc(Cl)c(NC(C)=O)c(Cl)c2)cc1Cl. The van der Waals surface area contributed by atoms with Crippen molar-refractivity contribution in [2.45, 2.75) is 33.1 Å². The fourth-order valence-electron chi connectivity index (χ4n) is 2.63. The van der Waals surface area contributed by atoms with E-state index in [1.807, 2.05) is 13.8 Å². The third-order valence-electron chi connectivity index (χ3n) is 4.13. The minimum Gasteiger partial charge on any atom is -0.324 e. The molecule has 2 N–H and O–H groups in total. The Hall–Kier alpha value is -1.46. The number of anilines is 2. The van der Waals surface area contributed by atoms with E-state index >= 15 is 0 Å². The Balaban J connectivity index is 2.53. The van der Waals surface area contributed by atoms with Gasteiger partial charge in [0.05, 0.1) is 31.5 Å². The summed E-state index contributed by atoms with van der Waals surface area (Å²) in [5.41, 5.74) is 1.80. The number of amides is 2. The molecular weight excluding hydrogens is 430 g/mol. The average molecular weight is 448 g/mol. The van der Waals surface area contributed by atoms with E-state index in [0.717, 1.165) is 11.1 Å². The molecule has 0 saturated carbocycles. The molecule has 0 heterocycles. The van der Waals surface area contributed by atoms with Crippen LogP contribution in [0.25, 0.3) is 0 Å². The molecule has 0 aromatic heterocycles. The Morgan fingerprint density at radius 2 is 0.963 bits per heavy atom. The molecule has 0 aliphatic carbocycles. The van der Waals surface area contributed by atoms with Crippen LogP contribution in [0.3, 0.4) is 0 Å². The second-order valence-electron chi connectivity index (χ2n) is 6.62. The quantitative estimate of drug-likeness (QED) is 0.558. The molecule has 0 bridgehead atoms. The monoisotopic (exact) mass is 446 g/mol. The predicted molar refractivity (Wildman–Crippen MR) is 114 cm³/mol. The van der Waals surface area contributed by atoms with Gasteiger partial charge < -0.3 is 10.6 Å². The Morgan fingerprint density at radius 1 is 0.704 bits per heavy atom. The van der Waals surface area contributed by atoms with Crippen molar-refractivity contribution >= 4 is 69.6 Å². The number of carbonyl (C=O) groups is 2. The highest BCUT2D eigenvalue weighted by molar-refractivity contribution is 6.40. The van der Waals surface area contributed by atoms with E-state index in [1.165, 1.54) is 13.8 Å². The number of halogens is 4. The molecule has 0 fully saturated rings. The minimum atomic E-state index is -0.552. The maximum atomic E-state index is 11.3. The number of hydrogen-bond acceptors (Lipinski definition) is 2. The Kier molecular flexibility index (Phi) is 6.69. The molecule has 4 nitrogen and oxygen atoms in total. The van der Waals surface area contributed by atoms with Crippen LogP contribution in [0.5, 0.6) is 0 Å². The highest BCUT2D eigenvalue weighted by Crippen LogP contribution is 2.42. The molecular formula is C19H18Cl4N2O2. The number of hydrogen-bond donors (Lipinski definition) is 2. The number of carbonyl (C=O) groups excluding carboxylic acids is 2. The first-order valence-electron chi connectivity index (χ1n) is 7.97. The molecule has 2 amide bonds. The van der Waals surface area contributed by atoms with Crippen molar-refractivity contribution in [3.05, 3.63) is 55.5 Å². The molecule has 144 valence electrons. The van der Waals surface area contributed by atoms with Crippen LogP contribution < -0.4 is 10.6 Å². The number of nitrogens with one attached hydrogen (secondary N) is 2. The summed E-state index contributed by atoms with van der Waals surface area (Å²) in [6, 6.07) is 6.95. The average Bonchev–Trinajstić information content (AvgIpc) is 2.53. The summed E-state index contributed by atoms with van der Waals surface area (Å²) >= 11 is 25.3. The summed E-state index contributed by atoms with van der Waals surface area (Å²) in [5, 5.41) is 6.54. The standard InChI is InChI=1S/C19H18Cl4N2O2/c1-9(26)24-17-13(20)5-11(6-14(17)21)19(3,4)12-7-15(22)18(16(23)8-12)25-10(2)27/h5-8H,1-4H3,(H,24,26)(H,25,27). The molecule has 0 atom stereocenters. The van der Waals surface area contributed by atoms with Crippen LogP contribution in [0.15, 0.2) is 24.3 Å². The zero-order chi connectivity index (χ0) is 20.5. The van der Waals surface area contributed by atoms with Crippen LogP contribution in [0, 0.1) is 0 Å². The molecule has 2 aromatic carbocycles. The normalized spacial score (nSPS) is 11.3. The van der Waals surface area contributed by atoms with Crippen molar-refractivity contribution in [1.29, 1.82) is 0 Å². The molecule has 0 spiro atoms. The first kappa shape index (κ1) is 21.8. The third kappa shape index (κ3) is 4.88. The lowest BCUT2D eigenvalue weighted by molar-refractivity contribution is -0.115. The molecule has 0 aliphatic heterocycles. The van der Waals surface area contributed by atoms with E-state index in [9.17, 15) is 9.59 Å². The van der Waals surface area contributed by atoms with Gasteiger partial charge >= 0.3 is 0 Å². The van der Waals surface area contributed by atoms with Gasteiger partial charge in [-0.1, -0.05) is 60.3 Å². The summed E-state index contributed by atoms with van der Waals surface area (Å²) in [6.45, 7) is 6.69. The summed E-state index contributed by atoms with van der Waals surface area (Å²) in [5.74, 6) is -0.532. The highest BCUT2D eigenvalue weighted by Gasteiger charge is 2.27. The van der Waals surface area contributed by atoms with Gasteiger partial charge in [0.15, 0.2) is 0 Å². The fourth-order valence-corrected chi connectivity index (χ4v) is 3.79. The molecule has 27 heavy (non-hydrogen) atoms. The second kappa shape index (κ2) is 8.27. The number of rotatable bonds is 4. The van der Waals surface area contributed by atoms with Crippen molar-refractivity contribution in [2.24, 2.45) is 0 Å². The van der Waals surface area contributed by atoms with Crippen molar-refractivity contribution in [1.82, 2.24) is 0 Å². The molecule has 0 saturated heterocycles. The van der Waals surface area contributed by atoms with Crippen LogP contribution in [0.4, 0.5) is 11.4 Å². The molecule has 0 aliphatic rings. The predicted octanol–water partition coefficient (Wildman–Crippen LogP) is 6.54. The maximum Gasteiger partial charge on any atom is 0.221 e. The van der Waals surface area contributed by atoms with Crippen LogP contribution >= 0.6 is 46.4 Å². The highest BCUT2D eigenvalue weighted by atomic mass is 35.5. The van der Waals surface area contributed by atoms with Crippen molar-refractivity contribution in [2.75, 3.05) is 10.6 Å². The van der Waals surface area contributed by atoms with Crippen LogP contribution in [-0.2, 0) is 15.0 Å². The van der Waals surface area contributed by atoms with E-state index < -0.39 is 5.41 Å². The molecule has 0 radical (unpaired) electrons. The topological polar surface area (TPSA) is 58.2 Å². The Labute approximate surface area is 178 Å². The largest absolute Gasteiger partial charge is 0.324 e. The molecule has 0 unspecified atom stereocenters. The zero-order valence-electron chi connectivity index (χ0n) is 15.1. The van der Waals surface area contributed by atoms with Crippen molar-refractivity contribution in [3.63, 3.8) is 0 Å². The van der Waals surface area contributed by atoms with Gasteiger partial charge in [0.25, 0.3) is 0 Å². The van der Waals surface area contributed by atoms with Gasteiger partial charge in [-0.05, 0) is 35.4 Å².